The summed E-state index contributed by atoms with van der Waals surface area (Å²) in [4.78, 5) is 0.332. The van der Waals surface area contributed by atoms with Crippen LogP contribution in [0.5, 0.6) is 0 Å². The molecule has 1 aliphatic rings. The molecule has 1 nitrogen and oxygen atoms in total. The third kappa shape index (κ3) is 4.92. The number of rotatable bonds is 6. The minimum absolute atomic E-state index is 0.154. The van der Waals surface area contributed by atoms with Crippen molar-refractivity contribution in [3.63, 3.8) is 0 Å². The molecule has 118 valence electrons. The minimum Gasteiger partial charge on any atom is -0.310 e. The molecule has 1 fully saturated rings. The van der Waals surface area contributed by atoms with Crippen LogP contribution in [0.4, 0.5) is 13.2 Å². The smallest absolute Gasteiger partial charge is 0.310 e. The Hall–Kier alpha value is -0.680. The zero-order valence-electron chi connectivity index (χ0n) is 12.6. The van der Waals surface area contributed by atoms with Gasteiger partial charge >= 0.3 is 6.18 Å². The van der Waals surface area contributed by atoms with E-state index in [1.54, 1.807) is 12.1 Å². The number of hydrogen-bond donors (Lipinski definition) is 1. The largest absolute Gasteiger partial charge is 0.417 e. The SMILES string of the molecule is CC(C)C(C)Sc1ccc(CNC2CC2)cc1C(F)(F)F. The molecule has 1 aromatic carbocycles. The van der Waals surface area contributed by atoms with Gasteiger partial charge < -0.3 is 5.32 Å². The quantitative estimate of drug-likeness (QED) is 0.733. The van der Waals surface area contributed by atoms with Gasteiger partial charge in [0.2, 0.25) is 0 Å². The first-order valence-corrected chi connectivity index (χ1v) is 8.25. The Balaban J connectivity index is 2.18. The highest BCUT2D eigenvalue weighted by molar-refractivity contribution is 8.00. The van der Waals surface area contributed by atoms with E-state index in [9.17, 15) is 13.2 Å². The number of alkyl halides is 3. The standard InChI is InChI=1S/C16H22F3NS/c1-10(2)11(3)21-15-7-4-12(9-20-13-5-6-13)8-14(15)16(17,18)19/h4,7-8,10-11,13,20H,5-6,9H2,1-3H3. The molecule has 2 rings (SSSR count). The van der Waals surface area contributed by atoms with Crippen LogP contribution in [0, 0.1) is 5.92 Å². The second-order valence-corrected chi connectivity index (χ2v) is 7.47. The van der Waals surface area contributed by atoms with E-state index in [1.807, 2.05) is 20.8 Å². The van der Waals surface area contributed by atoms with E-state index in [-0.39, 0.29) is 5.25 Å². The van der Waals surface area contributed by atoms with Crippen molar-refractivity contribution in [1.29, 1.82) is 0 Å². The fourth-order valence-electron chi connectivity index (χ4n) is 1.90. The molecule has 0 heterocycles. The molecular formula is C16H22F3NS. The van der Waals surface area contributed by atoms with Crippen LogP contribution >= 0.6 is 11.8 Å². The van der Waals surface area contributed by atoms with E-state index in [0.717, 1.165) is 12.8 Å². The van der Waals surface area contributed by atoms with Crippen molar-refractivity contribution in [1.82, 2.24) is 5.32 Å². The third-order valence-electron chi connectivity index (χ3n) is 3.77. The van der Waals surface area contributed by atoms with Crippen molar-refractivity contribution in [2.45, 2.75) is 62.5 Å². The molecule has 21 heavy (non-hydrogen) atoms. The number of hydrogen-bond acceptors (Lipinski definition) is 2. The Kier molecular flexibility index (Phi) is 5.25. The zero-order chi connectivity index (χ0) is 15.6. The molecule has 1 saturated carbocycles. The molecule has 0 amide bonds. The summed E-state index contributed by atoms with van der Waals surface area (Å²) in [6.45, 7) is 6.54. The highest BCUT2D eigenvalue weighted by Crippen LogP contribution is 2.40. The van der Waals surface area contributed by atoms with Crippen LogP contribution in [0.25, 0.3) is 0 Å². The molecule has 0 aromatic heterocycles. The highest BCUT2D eigenvalue weighted by Gasteiger charge is 2.34. The fraction of sp³-hybridized carbons (Fsp3) is 0.625. The fourth-order valence-corrected chi connectivity index (χ4v) is 3.02. The monoisotopic (exact) mass is 317 g/mol. The van der Waals surface area contributed by atoms with Crippen LogP contribution in [0.1, 0.15) is 44.7 Å². The van der Waals surface area contributed by atoms with E-state index in [4.69, 9.17) is 0 Å². The lowest BCUT2D eigenvalue weighted by molar-refractivity contribution is -0.139. The highest BCUT2D eigenvalue weighted by atomic mass is 32.2. The van der Waals surface area contributed by atoms with Gasteiger partial charge in [0.1, 0.15) is 0 Å². The first-order chi connectivity index (χ1) is 9.77. The maximum Gasteiger partial charge on any atom is 0.417 e. The Morgan fingerprint density at radius 2 is 1.90 bits per heavy atom. The van der Waals surface area contributed by atoms with Gasteiger partial charge in [0.05, 0.1) is 5.56 Å². The molecule has 5 heteroatoms. The summed E-state index contributed by atoms with van der Waals surface area (Å²) in [7, 11) is 0. The Labute approximate surface area is 128 Å². The van der Waals surface area contributed by atoms with Gasteiger partial charge in [-0.15, -0.1) is 11.8 Å². The number of benzene rings is 1. The maximum absolute atomic E-state index is 13.3. The van der Waals surface area contributed by atoms with E-state index in [2.05, 4.69) is 5.32 Å². The van der Waals surface area contributed by atoms with E-state index in [1.165, 1.54) is 17.8 Å². The van der Waals surface area contributed by atoms with Gasteiger partial charge in [-0.1, -0.05) is 26.8 Å². The van der Waals surface area contributed by atoms with Crippen LogP contribution in [-0.4, -0.2) is 11.3 Å². The number of halogens is 3. The predicted octanol–water partition coefficient (Wildman–Crippen LogP) is 5.09. The molecule has 1 atom stereocenters. The third-order valence-corrected chi connectivity index (χ3v) is 5.30. The normalized spacial score (nSPS) is 17.3. The summed E-state index contributed by atoms with van der Waals surface area (Å²) in [6, 6.07) is 5.22. The summed E-state index contributed by atoms with van der Waals surface area (Å²) in [5, 5.41) is 3.41. The van der Waals surface area contributed by atoms with Crippen molar-refractivity contribution in [2.24, 2.45) is 5.92 Å². The summed E-state index contributed by atoms with van der Waals surface area (Å²) in [5.74, 6) is 0.340. The first kappa shape index (κ1) is 16.7. The van der Waals surface area contributed by atoms with E-state index >= 15 is 0 Å². The Morgan fingerprint density at radius 1 is 1.24 bits per heavy atom. The second kappa shape index (κ2) is 6.61. The molecule has 1 aromatic rings. The van der Waals surface area contributed by atoms with Gasteiger partial charge in [-0.3, -0.25) is 0 Å². The summed E-state index contributed by atoms with van der Waals surface area (Å²) < 4.78 is 39.8. The maximum atomic E-state index is 13.3. The van der Waals surface area contributed by atoms with Crippen molar-refractivity contribution in [2.75, 3.05) is 0 Å². The van der Waals surface area contributed by atoms with Crippen molar-refractivity contribution in [3.8, 4) is 0 Å². The van der Waals surface area contributed by atoms with Crippen LogP contribution in [-0.2, 0) is 12.7 Å². The van der Waals surface area contributed by atoms with Crippen molar-refractivity contribution >= 4 is 11.8 Å². The molecule has 0 radical (unpaired) electrons. The summed E-state index contributed by atoms with van der Waals surface area (Å²) in [5.41, 5.74) is 0.200. The first-order valence-electron chi connectivity index (χ1n) is 7.37. The van der Waals surface area contributed by atoms with Crippen LogP contribution in [0.15, 0.2) is 23.1 Å². The minimum atomic E-state index is -4.30. The van der Waals surface area contributed by atoms with Gasteiger partial charge in [0.15, 0.2) is 0 Å². The summed E-state index contributed by atoms with van der Waals surface area (Å²) in [6.07, 6.45) is -2.04. The lowest BCUT2D eigenvalue weighted by Crippen LogP contribution is -2.16. The molecule has 1 aliphatic carbocycles. The molecular weight excluding hydrogens is 295 g/mol. The van der Waals surface area contributed by atoms with Crippen LogP contribution in [0.3, 0.4) is 0 Å². The molecule has 0 bridgehead atoms. The molecule has 0 aliphatic heterocycles. The van der Waals surface area contributed by atoms with E-state index in [0.29, 0.717) is 29.0 Å². The Bertz CT molecular complexity index is 481. The van der Waals surface area contributed by atoms with Crippen molar-refractivity contribution in [3.05, 3.63) is 29.3 Å². The molecule has 1 N–H and O–H groups in total. The molecule has 0 spiro atoms. The predicted molar refractivity (Wildman–Crippen MR) is 81.5 cm³/mol. The van der Waals surface area contributed by atoms with Gasteiger partial charge in [0, 0.05) is 22.7 Å². The second-order valence-electron chi connectivity index (χ2n) is 6.05. The lowest BCUT2D eigenvalue weighted by atomic mass is 10.1. The van der Waals surface area contributed by atoms with Crippen LogP contribution in [0.2, 0.25) is 0 Å². The zero-order valence-corrected chi connectivity index (χ0v) is 13.4. The van der Waals surface area contributed by atoms with Gasteiger partial charge in [-0.25, -0.2) is 0 Å². The number of nitrogens with one attached hydrogen (secondary N) is 1. The molecule has 0 saturated heterocycles. The lowest BCUT2D eigenvalue weighted by Gasteiger charge is -2.19. The van der Waals surface area contributed by atoms with Crippen molar-refractivity contribution < 1.29 is 13.2 Å². The molecule has 1 unspecified atom stereocenters. The van der Waals surface area contributed by atoms with Gasteiger partial charge in [-0.2, -0.15) is 13.2 Å². The van der Waals surface area contributed by atoms with Gasteiger partial charge in [0.25, 0.3) is 0 Å². The van der Waals surface area contributed by atoms with E-state index < -0.39 is 11.7 Å². The van der Waals surface area contributed by atoms with Gasteiger partial charge in [-0.05, 0) is 36.5 Å². The number of thioether (sulfide) groups is 1. The average molecular weight is 317 g/mol. The summed E-state index contributed by atoms with van der Waals surface area (Å²) >= 11 is 1.31. The topological polar surface area (TPSA) is 12.0 Å². The Morgan fingerprint density at radius 3 is 2.43 bits per heavy atom. The van der Waals surface area contributed by atoms with Crippen LogP contribution < -0.4 is 5.32 Å². The average Bonchev–Trinajstić information content (AvgIpc) is 3.20.